The van der Waals surface area contributed by atoms with Crippen molar-refractivity contribution in [2.75, 3.05) is 30.3 Å². The van der Waals surface area contributed by atoms with E-state index >= 15 is 0 Å². The van der Waals surface area contributed by atoms with Crippen LogP contribution < -0.4 is 10.6 Å². The van der Waals surface area contributed by atoms with Crippen molar-refractivity contribution in [3.8, 4) is 0 Å². The zero-order valence-electron chi connectivity index (χ0n) is 20.7. The first-order valence-electron chi connectivity index (χ1n) is 11.8. The summed E-state index contributed by atoms with van der Waals surface area (Å²) >= 11 is 7.44. The molecule has 3 aromatic rings. The molecule has 1 saturated heterocycles. The molecular weight excluding hydrogens is 500 g/mol. The summed E-state index contributed by atoms with van der Waals surface area (Å²) in [4.78, 5) is 40.6. The molecule has 1 unspecified atom stereocenters. The molecular formula is C25H29ClN6O3S. The molecule has 0 radical (unpaired) electrons. The minimum Gasteiger partial charge on any atom is -0.449 e. The number of aryl methyl sites for hydroxylation is 2. The fraction of sp³-hybridized carbons (Fsp3) is 0.400. The van der Waals surface area contributed by atoms with Gasteiger partial charge in [-0.25, -0.2) is 19.7 Å². The molecule has 1 fully saturated rings. The first-order chi connectivity index (χ1) is 17.2. The number of halogens is 1. The lowest BCUT2D eigenvalue weighted by Crippen LogP contribution is -2.30. The highest BCUT2D eigenvalue weighted by Crippen LogP contribution is 2.30. The number of hydrogen-bond donors (Lipinski definition) is 2. The minimum absolute atomic E-state index is 0.0929. The molecule has 1 atom stereocenters. The third-order valence-corrected chi connectivity index (χ3v) is 6.91. The third-order valence-electron chi connectivity index (χ3n) is 5.69. The highest BCUT2D eigenvalue weighted by atomic mass is 35.5. The fourth-order valence-corrected chi connectivity index (χ4v) is 4.86. The van der Waals surface area contributed by atoms with Crippen molar-refractivity contribution < 1.29 is 14.3 Å². The van der Waals surface area contributed by atoms with Crippen molar-refractivity contribution >= 4 is 51.6 Å². The Kier molecular flexibility index (Phi) is 8.05. The highest BCUT2D eigenvalue weighted by molar-refractivity contribution is 7.17. The monoisotopic (exact) mass is 528 g/mol. The first-order valence-corrected chi connectivity index (χ1v) is 13.0. The van der Waals surface area contributed by atoms with Crippen LogP contribution in [0.2, 0.25) is 5.02 Å². The van der Waals surface area contributed by atoms with Crippen LogP contribution in [0.4, 0.5) is 21.4 Å². The van der Waals surface area contributed by atoms with Gasteiger partial charge >= 0.3 is 6.09 Å². The Hall–Kier alpha value is -3.24. The SMILES string of the molecule is Cc1nc(Nc2ncc(C(=O)Nc3c(C)cccc3Cl)s2)cc(C2CCN(C(=O)OCC(C)C)C2)n1. The van der Waals surface area contributed by atoms with Gasteiger partial charge in [0.05, 0.1) is 29.2 Å². The Labute approximate surface area is 219 Å². The second kappa shape index (κ2) is 11.2. The molecule has 2 N–H and O–H groups in total. The molecule has 4 rings (SSSR count). The number of thiazole rings is 1. The summed E-state index contributed by atoms with van der Waals surface area (Å²) in [7, 11) is 0. The van der Waals surface area contributed by atoms with Gasteiger partial charge in [0.25, 0.3) is 5.91 Å². The van der Waals surface area contributed by atoms with Crippen LogP contribution >= 0.6 is 22.9 Å². The molecule has 0 aliphatic carbocycles. The lowest BCUT2D eigenvalue weighted by atomic mass is 10.0. The van der Waals surface area contributed by atoms with E-state index in [0.717, 1.165) is 17.7 Å². The number of benzene rings is 1. The fourth-order valence-electron chi connectivity index (χ4n) is 3.87. The Balaban J connectivity index is 1.41. The van der Waals surface area contributed by atoms with Crippen LogP contribution in [-0.2, 0) is 4.74 Å². The van der Waals surface area contributed by atoms with Crippen LogP contribution in [0, 0.1) is 19.8 Å². The average molecular weight is 529 g/mol. The van der Waals surface area contributed by atoms with E-state index in [9.17, 15) is 9.59 Å². The number of carbonyl (C=O) groups is 2. The van der Waals surface area contributed by atoms with Crippen molar-refractivity contribution in [2.24, 2.45) is 5.92 Å². The van der Waals surface area contributed by atoms with E-state index in [1.54, 1.807) is 11.0 Å². The molecule has 36 heavy (non-hydrogen) atoms. The lowest BCUT2D eigenvalue weighted by Gasteiger charge is -2.17. The van der Waals surface area contributed by atoms with Crippen LogP contribution in [0.15, 0.2) is 30.5 Å². The summed E-state index contributed by atoms with van der Waals surface area (Å²) in [5.41, 5.74) is 2.32. The number of aromatic nitrogens is 3. The number of anilines is 3. The molecule has 190 valence electrons. The van der Waals surface area contributed by atoms with Crippen molar-refractivity contribution in [2.45, 2.75) is 40.0 Å². The maximum atomic E-state index is 12.7. The zero-order valence-corrected chi connectivity index (χ0v) is 22.2. The number of likely N-dealkylation sites (tertiary alicyclic amines) is 1. The van der Waals surface area contributed by atoms with Gasteiger partial charge in [0.15, 0.2) is 5.13 Å². The van der Waals surface area contributed by atoms with Gasteiger partial charge < -0.3 is 20.3 Å². The van der Waals surface area contributed by atoms with E-state index in [2.05, 4.69) is 25.6 Å². The topological polar surface area (TPSA) is 109 Å². The summed E-state index contributed by atoms with van der Waals surface area (Å²) < 4.78 is 5.37. The van der Waals surface area contributed by atoms with Gasteiger partial charge in [0.1, 0.15) is 16.5 Å². The van der Waals surface area contributed by atoms with E-state index < -0.39 is 0 Å². The molecule has 1 aliphatic heterocycles. The standard InChI is InChI=1S/C25H29ClN6O3S/c1-14(2)13-35-25(34)32-9-8-17(12-32)19-10-21(29-16(4)28-19)30-24-27-11-20(36-24)23(33)31-22-15(3)6-5-7-18(22)26/h5-7,10-11,14,17H,8-9,12-13H2,1-4H3,(H,31,33)(H,27,28,29,30). The van der Waals surface area contributed by atoms with Crippen molar-refractivity contribution in [1.29, 1.82) is 0 Å². The van der Waals surface area contributed by atoms with Crippen LogP contribution in [0.25, 0.3) is 0 Å². The van der Waals surface area contributed by atoms with Gasteiger partial charge in [0, 0.05) is 25.1 Å². The third kappa shape index (κ3) is 6.30. The Bertz CT molecular complexity index is 1240. The van der Waals surface area contributed by atoms with Gasteiger partial charge in [0.2, 0.25) is 0 Å². The predicted octanol–water partition coefficient (Wildman–Crippen LogP) is 5.78. The van der Waals surface area contributed by atoms with Crippen LogP contribution in [-0.4, -0.2) is 51.5 Å². The predicted molar refractivity (Wildman–Crippen MR) is 141 cm³/mol. The number of nitrogens with zero attached hydrogens (tertiary/aromatic N) is 4. The average Bonchev–Trinajstić information content (AvgIpc) is 3.50. The summed E-state index contributed by atoms with van der Waals surface area (Å²) in [5, 5.41) is 7.05. The van der Waals surface area contributed by atoms with Gasteiger partial charge in [-0.15, -0.1) is 0 Å². The number of nitrogens with one attached hydrogen (secondary N) is 2. The van der Waals surface area contributed by atoms with Gasteiger partial charge in [-0.1, -0.05) is 48.9 Å². The number of amides is 2. The number of carbonyl (C=O) groups excluding carboxylic acids is 2. The van der Waals surface area contributed by atoms with E-state index in [1.807, 2.05) is 45.9 Å². The maximum Gasteiger partial charge on any atom is 0.409 e. The molecule has 1 aromatic carbocycles. The lowest BCUT2D eigenvalue weighted by molar-refractivity contribution is 0.0990. The summed E-state index contributed by atoms with van der Waals surface area (Å²) in [6.45, 7) is 9.32. The second-order valence-corrected chi connectivity index (χ2v) is 10.6. The molecule has 2 aromatic heterocycles. The van der Waals surface area contributed by atoms with Crippen LogP contribution in [0.5, 0.6) is 0 Å². The quantitative estimate of drug-likeness (QED) is 0.400. The number of hydrogen-bond acceptors (Lipinski definition) is 8. The first kappa shape index (κ1) is 25.8. The van der Waals surface area contributed by atoms with E-state index in [4.69, 9.17) is 16.3 Å². The highest BCUT2D eigenvalue weighted by Gasteiger charge is 2.30. The molecule has 1 aliphatic rings. The largest absolute Gasteiger partial charge is 0.449 e. The summed E-state index contributed by atoms with van der Waals surface area (Å²) in [5.74, 6) is 1.30. The van der Waals surface area contributed by atoms with Gasteiger partial charge in [-0.05, 0) is 37.8 Å². The van der Waals surface area contributed by atoms with E-state index in [-0.39, 0.29) is 17.9 Å². The van der Waals surface area contributed by atoms with Crippen LogP contribution in [0.1, 0.15) is 52.9 Å². The smallest absolute Gasteiger partial charge is 0.409 e. The van der Waals surface area contributed by atoms with Crippen molar-refractivity contribution in [3.63, 3.8) is 0 Å². The molecule has 0 saturated carbocycles. The van der Waals surface area contributed by atoms with Gasteiger partial charge in [-0.3, -0.25) is 4.79 Å². The molecule has 9 nitrogen and oxygen atoms in total. The minimum atomic E-state index is -0.285. The Morgan fingerprint density at radius 3 is 2.83 bits per heavy atom. The zero-order chi connectivity index (χ0) is 25.8. The van der Waals surface area contributed by atoms with Crippen molar-refractivity contribution in [3.05, 3.63) is 57.4 Å². The molecule has 2 amide bonds. The second-order valence-electron chi connectivity index (χ2n) is 9.17. The molecule has 0 bridgehead atoms. The maximum absolute atomic E-state index is 12.7. The Morgan fingerprint density at radius 2 is 2.08 bits per heavy atom. The van der Waals surface area contributed by atoms with E-state index in [0.29, 0.717) is 58.0 Å². The summed E-state index contributed by atoms with van der Waals surface area (Å²) in [6, 6.07) is 7.32. The molecule has 3 heterocycles. The van der Waals surface area contributed by atoms with Gasteiger partial charge in [-0.2, -0.15) is 0 Å². The Morgan fingerprint density at radius 1 is 1.28 bits per heavy atom. The van der Waals surface area contributed by atoms with Crippen molar-refractivity contribution in [1.82, 2.24) is 19.9 Å². The van der Waals surface area contributed by atoms with Crippen LogP contribution in [0.3, 0.4) is 0 Å². The normalized spacial score (nSPS) is 15.3. The number of rotatable bonds is 7. The number of para-hydroxylation sites is 1. The van der Waals surface area contributed by atoms with E-state index in [1.165, 1.54) is 17.5 Å². The summed E-state index contributed by atoms with van der Waals surface area (Å²) in [6.07, 6.45) is 2.03. The number of ether oxygens (including phenoxy) is 1. The molecule has 0 spiro atoms. The molecule has 11 heteroatoms.